The Morgan fingerprint density at radius 2 is 2.58 bits per heavy atom. The summed E-state index contributed by atoms with van der Waals surface area (Å²) in [5, 5.41) is 2.53. The number of nitrogens with two attached hydrogens (primary N) is 1. The Morgan fingerprint density at radius 1 is 1.83 bits per heavy atom. The van der Waals surface area contributed by atoms with Gasteiger partial charge in [-0.2, -0.15) is 0 Å². The zero-order valence-electron chi connectivity index (χ0n) is 6.80. The Labute approximate surface area is 71.5 Å². The zero-order chi connectivity index (χ0) is 9.03. The molecular formula is C8H12N2O2. The molecule has 1 heterocycles. The Kier molecular flexibility index (Phi) is 2.69. The zero-order valence-corrected chi connectivity index (χ0v) is 6.80. The second-order valence-electron chi connectivity index (χ2n) is 2.85. The number of nitrogens with one attached hydrogen (secondary N) is 1. The first kappa shape index (κ1) is 9.04. The minimum absolute atomic E-state index is 0.220. The summed E-state index contributed by atoms with van der Waals surface area (Å²) in [7, 11) is 0. The average Bonchev–Trinajstić information content (AvgIpc) is 2.49. The normalized spacial score (nSPS) is 28.0. The van der Waals surface area contributed by atoms with E-state index in [2.05, 4.69) is 11.2 Å². The molecule has 0 bridgehead atoms. The summed E-state index contributed by atoms with van der Waals surface area (Å²) in [6, 6.07) is 0. The summed E-state index contributed by atoms with van der Waals surface area (Å²) in [4.78, 5) is 11.3. The van der Waals surface area contributed by atoms with Gasteiger partial charge in [-0.15, -0.1) is 6.42 Å². The van der Waals surface area contributed by atoms with Crippen LogP contribution in [0.3, 0.4) is 0 Å². The van der Waals surface area contributed by atoms with Crippen molar-refractivity contribution in [3.8, 4) is 12.3 Å². The van der Waals surface area contributed by atoms with Gasteiger partial charge in [0.05, 0.1) is 13.2 Å². The van der Waals surface area contributed by atoms with Crippen LogP contribution in [0.4, 0.5) is 0 Å². The maximum Gasteiger partial charge on any atom is 0.243 e. The summed E-state index contributed by atoms with van der Waals surface area (Å²) in [6.45, 7) is 1.04. The first-order valence-electron chi connectivity index (χ1n) is 3.77. The minimum atomic E-state index is -0.864. The second-order valence-corrected chi connectivity index (χ2v) is 2.85. The van der Waals surface area contributed by atoms with Crippen molar-refractivity contribution >= 4 is 5.91 Å². The van der Waals surface area contributed by atoms with Crippen LogP contribution < -0.4 is 11.1 Å². The van der Waals surface area contributed by atoms with Crippen LogP contribution in [-0.2, 0) is 9.53 Å². The fourth-order valence-electron chi connectivity index (χ4n) is 1.07. The van der Waals surface area contributed by atoms with E-state index in [1.54, 1.807) is 0 Å². The Hall–Kier alpha value is -1.05. The Morgan fingerprint density at radius 3 is 3.08 bits per heavy atom. The minimum Gasteiger partial charge on any atom is -0.379 e. The molecule has 12 heavy (non-hydrogen) atoms. The number of hydrogen-bond acceptors (Lipinski definition) is 3. The third kappa shape index (κ3) is 1.76. The molecule has 1 aliphatic rings. The van der Waals surface area contributed by atoms with E-state index in [-0.39, 0.29) is 19.1 Å². The molecule has 3 N–H and O–H groups in total. The highest BCUT2D eigenvalue weighted by molar-refractivity contribution is 5.86. The van der Waals surface area contributed by atoms with Gasteiger partial charge in [-0.3, -0.25) is 4.79 Å². The van der Waals surface area contributed by atoms with Crippen molar-refractivity contribution < 1.29 is 9.53 Å². The largest absolute Gasteiger partial charge is 0.379 e. The van der Waals surface area contributed by atoms with Gasteiger partial charge in [0.2, 0.25) is 5.91 Å². The molecular weight excluding hydrogens is 156 g/mol. The molecule has 4 heteroatoms. The molecule has 1 aliphatic heterocycles. The van der Waals surface area contributed by atoms with E-state index in [9.17, 15) is 4.79 Å². The molecule has 1 amide bonds. The quantitative estimate of drug-likeness (QED) is 0.512. The van der Waals surface area contributed by atoms with Gasteiger partial charge in [0.25, 0.3) is 0 Å². The van der Waals surface area contributed by atoms with E-state index < -0.39 is 5.54 Å². The van der Waals surface area contributed by atoms with Gasteiger partial charge in [-0.05, 0) is 6.42 Å². The molecule has 0 aromatic carbocycles. The van der Waals surface area contributed by atoms with Gasteiger partial charge < -0.3 is 15.8 Å². The highest BCUT2D eigenvalue weighted by Crippen LogP contribution is 2.14. The molecule has 1 fully saturated rings. The Balaban J connectivity index is 2.45. The number of ether oxygens (including phenoxy) is 1. The fraction of sp³-hybridized carbons (Fsp3) is 0.625. The fourth-order valence-corrected chi connectivity index (χ4v) is 1.07. The maximum absolute atomic E-state index is 11.3. The van der Waals surface area contributed by atoms with Gasteiger partial charge in [-0.25, -0.2) is 0 Å². The molecule has 4 nitrogen and oxygen atoms in total. The first-order chi connectivity index (χ1) is 5.69. The standard InChI is InChI=1S/C8H12N2O2/c1-2-4-10-7(11)8(9)3-5-12-6-8/h1H,3-6,9H2,(H,10,11). The predicted molar refractivity (Wildman–Crippen MR) is 44.2 cm³/mol. The van der Waals surface area contributed by atoms with Crippen LogP contribution >= 0.6 is 0 Å². The van der Waals surface area contributed by atoms with Gasteiger partial charge >= 0.3 is 0 Å². The summed E-state index contributed by atoms with van der Waals surface area (Å²) in [6.07, 6.45) is 5.54. The molecule has 1 atom stereocenters. The predicted octanol–water partition coefficient (Wildman–Crippen LogP) is -1.15. The highest BCUT2D eigenvalue weighted by Gasteiger charge is 2.37. The topological polar surface area (TPSA) is 64.4 Å². The molecule has 0 aromatic rings. The number of carbonyl (C=O) groups excluding carboxylic acids is 1. The second kappa shape index (κ2) is 3.57. The number of carbonyl (C=O) groups is 1. The molecule has 1 unspecified atom stereocenters. The number of amides is 1. The molecule has 0 aromatic heterocycles. The highest BCUT2D eigenvalue weighted by atomic mass is 16.5. The third-order valence-corrected chi connectivity index (χ3v) is 1.86. The number of rotatable bonds is 2. The van der Waals surface area contributed by atoms with Crippen molar-refractivity contribution in [1.29, 1.82) is 0 Å². The third-order valence-electron chi connectivity index (χ3n) is 1.86. The molecule has 1 saturated heterocycles. The molecule has 0 radical (unpaired) electrons. The number of terminal acetylenes is 1. The molecule has 0 aliphatic carbocycles. The van der Waals surface area contributed by atoms with Gasteiger partial charge in [0.15, 0.2) is 0 Å². The van der Waals surface area contributed by atoms with Crippen molar-refractivity contribution in [2.75, 3.05) is 19.8 Å². The van der Waals surface area contributed by atoms with Crippen LogP contribution in [0.15, 0.2) is 0 Å². The van der Waals surface area contributed by atoms with Crippen LogP contribution in [-0.4, -0.2) is 31.2 Å². The molecule has 0 spiro atoms. The van der Waals surface area contributed by atoms with Gasteiger partial charge in [-0.1, -0.05) is 5.92 Å². The summed E-state index contributed by atoms with van der Waals surface area (Å²) in [5.74, 6) is 2.09. The van der Waals surface area contributed by atoms with Crippen LogP contribution in [0.2, 0.25) is 0 Å². The van der Waals surface area contributed by atoms with Gasteiger partial charge in [0, 0.05) is 6.61 Å². The van der Waals surface area contributed by atoms with Crippen molar-refractivity contribution in [3.05, 3.63) is 0 Å². The smallest absolute Gasteiger partial charge is 0.243 e. The Bertz CT molecular complexity index is 214. The summed E-state index contributed by atoms with van der Waals surface area (Å²) in [5.41, 5.74) is 4.87. The molecule has 1 rings (SSSR count). The van der Waals surface area contributed by atoms with E-state index in [0.717, 1.165) is 0 Å². The van der Waals surface area contributed by atoms with E-state index in [4.69, 9.17) is 16.9 Å². The lowest BCUT2D eigenvalue weighted by Gasteiger charge is -2.19. The van der Waals surface area contributed by atoms with Crippen LogP contribution in [0.25, 0.3) is 0 Å². The van der Waals surface area contributed by atoms with Gasteiger partial charge in [0.1, 0.15) is 5.54 Å². The average molecular weight is 168 g/mol. The van der Waals surface area contributed by atoms with Crippen molar-refractivity contribution in [3.63, 3.8) is 0 Å². The van der Waals surface area contributed by atoms with E-state index in [1.165, 1.54) is 0 Å². The van der Waals surface area contributed by atoms with E-state index in [0.29, 0.717) is 13.0 Å². The first-order valence-corrected chi connectivity index (χ1v) is 3.77. The number of hydrogen-bond donors (Lipinski definition) is 2. The van der Waals surface area contributed by atoms with Crippen molar-refractivity contribution in [1.82, 2.24) is 5.32 Å². The van der Waals surface area contributed by atoms with Crippen LogP contribution in [0, 0.1) is 12.3 Å². The SMILES string of the molecule is C#CCNC(=O)C1(N)CCOC1. The van der Waals surface area contributed by atoms with Crippen molar-refractivity contribution in [2.45, 2.75) is 12.0 Å². The summed E-state index contributed by atoms with van der Waals surface area (Å²) >= 11 is 0. The monoisotopic (exact) mass is 168 g/mol. The molecule has 0 saturated carbocycles. The lowest BCUT2D eigenvalue weighted by Crippen LogP contribution is -2.54. The summed E-state index contributed by atoms with van der Waals surface area (Å²) < 4.78 is 5.02. The molecule has 66 valence electrons. The lowest BCUT2D eigenvalue weighted by atomic mass is 9.99. The van der Waals surface area contributed by atoms with Crippen molar-refractivity contribution in [2.24, 2.45) is 5.73 Å². The van der Waals surface area contributed by atoms with Crippen LogP contribution in [0.1, 0.15) is 6.42 Å². The lowest BCUT2D eigenvalue weighted by molar-refractivity contribution is -0.126. The van der Waals surface area contributed by atoms with Crippen LogP contribution in [0.5, 0.6) is 0 Å². The van der Waals surface area contributed by atoms with E-state index in [1.807, 2.05) is 0 Å². The maximum atomic E-state index is 11.3. The van der Waals surface area contributed by atoms with E-state index >= 15 is 0 Å².